The van der Waals surface area contributed by atoms with Crippen LogP contribution in [0.5, 0.6) is 0 Å². The third kappa shape index (κ3) is 3.91. The molecule has 0 saturated heterocycles. The van der Waals surface area contributed by atoms with E-state index in [1.54, 1.807) is 6.92 Å². The van der Waals surface area contributed by atoms with E-state index in [0.29, 0.717) is 6.54 Å². The lowest BCUT2D eigenvalue weighted by Gasteiger charge is -2.14. The predicted molar refractivity (Wildman–Crippen MR) is 78.3 cm³/mol. The van der Waals surface area contributed by atoms with E-state index in [-0.39, 0.29) is 22.8 Å². The Labute approximate surface area is 122 Å². The lowest BCUT2D eigenvalue weighted by Crippen LogP contribution is -2.44. The molecule has 0 aromatic heterocycles. The van der Waals surface area contributed by atoms with Crippen molar-refractivity contribution in [1.29, 1.82) is 0 Å². The van der Waals surface area contributed by atoms with Gasteiger partial charge < -0.3 is 16.0 Å². The Kier molecular flexibility index (Phi) is 5.65. The minimum atomic E-state index is -0.782. The van der Waals surface area contributed by atoms with Gasteiger partial charge in [0.1, 0.15) is 17.3 Å². The molecule has 8 heteroatoms. The summed E-state index contributed by atoms with van der Waals surface area (Å²) in [6.07, 6.45) is 0. The fourth-order valence-electron chi connectivity index (χ4n) is 1.79. The molecule has 21 heavy (non-hydrogen) atoms. The highest BCUT2D eigenvalue weighted by Gasteiger charge is 2.25. The maximum Gasteiger partial charge on any atom is 0.305 e. The zero-order valence-electron chi connectivity index (χ0n) is 12.1. The fraction of sp³-hybridized carbons (Fsp3) is 0.385. The van der Waals surface area contributed by atoms with E-state index in [0.717, 1.165) is 0 Å². The molecule has 0 spiro atoms. The first-order valence-corrected chi connectivity index (χ1v) is 6.46. The van der Waals surface area contributed by atoms with Crippen molar-refractivity contribution >= 4 is 23.2 Å². The third-order valence-corrected chi connectivity index (χ3v) is 2.82. The Balaban J connectivity index is 3.03. The van der Waals surface area contributed by atoms with Crippen LogP contribution >= 0.6 is 0 Å². The summed E-state index contributed by atoms with van der Waals surface area (Å²) in [6, 6.07) is 3.60. The summed E-state index contributed by atoms with van der Waals surface area (Å²) in [4.78, 5) is 34.2. The van der Waals surface area contributed by atoms with Crippen LogP contribution in [0.15, 0.2) is 18.2 Å². The summed E-state index contributed by atoms with van der Waals surface area (Å²) >= 11 is 0. The molecule has 1 atom stereocenters. The van der Waals surface area contributed by atoms with Gasteiger partial charge in [-0.05, 0) is 26.0 Å². The Morgan fingerprint density at radius 2 is 2.05 bits per heavy atom. The van der Waals surface area contributed by atoms with Gasteiger partial charge in [-0.25, -0.2) is 0 Å². The van der Waals surface area contributed by atoms with Crippen molar-refractivity contribution < 1.29 is 14.5 Å². The molecule has 2 amide bonds. The zero-order chi connectivity index (χ0) is 16.0. The molecule has 0 fully saturated rings. The van der Waals surface area contributed by atoms with Gasteiger partial charge in [-0.3, -0.25) is 19.7 Å². The van der Waals surface area contributed by atoms with Crippen molar-refractivity contribution in [2.24, 2.45) is 0 Å². The van der Waals surface area contributed by atoms with Crippen molar-refractivity contribution in [2.45, 2.75) is 19.9 Å². The first-order chi connectivity index (χ1) is 9.92. The van der Waals surface area contributed by atoms with Crippen LogP contribution in [0.3, 0.4) is 0 Å². The van der Waals surface area contributed by atoms with E-state index in [2.05, 4.69) is 16.0 Å². The maximum atomic E-state index is 12.1. The van der Waals surface area contributed by atoms with Crippen LogP contribution in [0.25, 0.3) is 0 Å². The number of likely N-dealkylation sites (N-methyl/N-ethyl adjacent to an activating group) is 1. The minimum Gasteiger partial charge on any atom is -0.383 e. The molecule has 8 nitrogen and oxygen atoms in total. The number of nitrogens with one attached hydrogen (secondary N) is 3. The molecule has 0 aliphatic rings. The normalized spacial score (nSPS) is 11.4. The predicted octanol–water partition coefficient (Wildman–Crippen LogP) is 0.891. The number of nitrogens with zero attached hydrogens (tertiary/aromatic N) is 1. The van der Waals surface area contributed by atoms with E-state index in [9.17, 15) is 19.7 Å². The Morgan fingerprint density at radius 3 is 2.57 bits per heavy atom. The summed E-state index contributed by atoms with van der Waals surface area (Å²) in [5.41, 5.74) is -0.179. The second-order valence-electron chi connectivity index (χ2n) is 4.30. The zero-order valence-corrected chi connectivity index (χ0v) is 12.1. The number of nitro groups is 1. The number of carbonyl (C=O) groups is 2. The highest BCUT2D eigenvalue weighted by atomic mass is 16.6. The third-order valence-electron chi connectivity index (χ3n) is 2.82. The second kappa shape index (κ2) is 7.22. The number of anilines is 1. The SMILES string of the molecule is CCNC(=O)C(C)NC(=O)c1cccc(NC)c1[N+](=O)[O-]. The molecule has 0 saturated carbocycles. The summed E-state index contributed by atoms with van der Waals surface area (Å²) in [7, 11) is 1.53. The first-order valence-electron chi connectivity index (χ1n) is 6.46. The number of hydrogen-bond donors (Lipinski definition) is 3. The summed E-state index contributed by atoms with van der Waals surface area (Å²) in [5, 5.41) is 18.8. The Hall–Kier alpha value is -2.64. The van der Waals surface area contributed by atoms with E-state index < -0.39 is 16.9 Å². The molecule has 0 bridgehead atoms. The van der Waals surface area contributed by atoms with Crippen LogP contribution in [0.1, 0.15) is 24.2 Å². The lowest BCUT2D eigenvalue weighted by atomic mass is 10.1. The molecule has 0 aliphatic carbocycles. The van der Waals surface area contributed by atoms with Gasteiger partial charge in [0, 0.05) is 13.6 Å². The Morgan fingerprint density at radius 1 is 1.38 bits per heavy atom. The Bertz CT molecular complexity index is 559. The molecule has 1 rings (SSSR count). The molecular weight excluding hydrogens is 276 g/mol. The number of carbonyl (C=O) groups excluding carboxylic acids is 2. The smallest absolute Gasteiger partial charge is 0.305 e. The van der Waals surface area contributed by atoms with Crippen LogP contribution in [0.4, 0.5) is 11.4 Å². The highest BCUT2D eigenvalue weighted by molar-refractivity contribution is 6.02. The average Bonchev–Trinajstić information content (AvgIpc) is 2.46. The molecule has 114 valence electrons. The van der Waals surface area contributed by atoms with Gasteiger partial charge in [0.2, 0.25) is 5.91 Å². The van der Waals surface area contributed by atoms with Gasteiger partial charge in [-0.1, -0.05) is 6.07 Å². The van der Waals surface area contributed by atoms with Crippen molar-refractivity contribution in [3.8, 4) is 0 Å². The standard InChI is InChI=1S/C13H18N4O4/c1-4-15-12(18)8(2)16-13(19)9-6-5-7-10(14-3)11(9)17(20)21/h5-8,14H,4H2,1-3H3,(H,15,18)(H,16,19). The number of rotatable bonds is 6. The van der Waals surface area contributed by atoms with Crippen LogP contribution in [-0.2, 0) is 4.79 Å². The highest BCUT2D eigenvalue weighted by Crippen LogP contribution is 2.28. The summed E-state index contributed by atoms with van der Waals surface area (Å²) < 4.78 is 0. The number of amides is 2. The minimum absolute atomic E-state index is 0.0944. The van der Waals surface area contributed by atoms with Crippen molar-refractivity contribution in [3.63, 3.8) is 0 Å². The summed E-state index contributed by atoms with van der Waals surface area (Å²) in [5.74, 6) is -1.02. The number of benzene rings is 1. The van der Waals surface area contributed by atoms with Gasteiger partial charge in [-0.15, -0.1) is 0 Å². The first kappa shape index (κ1) is 16.4. The molecule has 1 unspecified atom stereocenters. The quantitative estimate of drug-likeness (QED) is 0.532. The molecule has 1 aromatic rings. The van der Waals surface area contributed by atoms with E-state index in [1.165, 1.54) is 32.2 Å². The van der Waals surface area contributed by atoms with Crippen molar-refractivity contribution in [2.75, 3.05) is 18.9 Å². The van der Waals surface area contributed by atoms with Crippen molar-refractivity contribution in [1.82, 2.24) is 10.6 Å². The molecule has 1 aromatic carbocycles. The number of hydrogen-bond acceptors (Lipinski definition) is 5. The molecule has 0 radical (unpaired) electrons. The topological polar surface area (TPSA) is 113 Å². The van der Waals surface area contributed by atoms with Gasteiger partial charge in [0.05, 0.1) is 4.92 Å². The van der Waals surface area contributed by atoms with Gasteiger partial charge in [-0.2, -0.15) is 0 Å². The van der Waals surface area contributed by atoms with Gasteiger partial charge in [0.25, 0.3) is 5.91 Å². The van der Waals surface area contributed by atoms with Crippen LogP contribution in [0.2, 0.25) is 0 Å². The van der Waals surface area contributed by atoms with Gasteiger partial charge in [0.15, 0.2) is 0 Å². The molecule has 0 heterocycles. The number of para-hydroxylation sites is 1. The maximum absolute atomic E-state index is 12.1. The molecule has 0 aliphatic heterocycles. The van der Waals surface area contributed by atoms with E-state index in [4.69, 9.17) is 0 Å². The number of nitro benzene ring substituents is 1. The van der Waals surface area contributed by atoms with Crippen molar-refractivity contribution in [3.05, 3.63) is 33.9 Å². The van der Waals surface area contributed by atoms with Crippen LogP contribution in [-0.4, -0.2) is 36.4 Å². The van der Waals surface area contributed by atoms with Crippen LogP contribution in [0, 0.1) is 10.1 Å². The van der Waals surface area contributed by atoms with Gasteiger partial charge >= 0.3 is 5.69 Å². The van der Waals surface area contributed by atoms with E-state index in [1.807, 2.05) is 0 Å². The molecular formula is C13H18N4O4. The van der Waals surface area contributed by atoms with E-state index >= 15 is 0 Å². The largest absolute Gasteiger partial charge is 0.383 e. The van der Waals surface area contributed by atoms with Crippen LogP contribution < -0.4 is 16.0 Å². The monoisotopic (exact) mass is 294 g/mol. The lowest BCUT2D eigenvalue weighted by molar-refractivity contribution is -0.384. The fourth-order valence-corrected chi connectivity index (χ4v) is 1.79. The molecule has 3 N–H and O–H groups in total. The second-order valence-corrected chi connectivity index (χ2v) is 4.30. The average molecular weight is 294 g/mol. The summed E-state index contributed by atoms with van der Waals surface area (Å²) in [6.45, 7) is 3.71.